The lowest BCUT2D eigenvalue weighted by molar-refractivity contribution is 1.16. The molecule has 0 aliphatic rings. The number of rotatable bonds is 2. The van der Waals surface area contributed by atoms with Crippen LogP contribution in [0.1, 0.15) is 0 Å². The van der Waals surface area contributed by atoms with Crippen LogP contribution in [0.5, 0.6) is 0 Å². The van der Waals surface area contributed by atoms with Gasteiger partial charge in [-0.2, -0.15) is 0 Å². The normalized spacial score (nSPS) is 10.0. The Bertz CT molecular complexity index is 458. The lowest BCUT2D eigenvalue weighted by atomic mass is 10.2. The van der Waals surface area contributed by atoms with E-state index in [9.17, 15) is 0 Å². The molecule has 1 N–H and O–H groups in total. The van der Waals surface area contributed by atoms with Gasteiger partial charge in [0.25, 0.3) is 0 Å². The van der Waals surface area contributed by atoms with Crippen molar-refractivity contribution in [2.45, 2.75) is 0 Å². The van der Waals surface area contributed by atoms with Crippen LogP contribution in [-0.2, 0) is 0 Å². The van der Waals surface area contributed by atoms with Crippen LogP contribution in [0.3, 0.4) is 0 Å². The van der Waals surface area contributed by atoms with Crippen LogP contribution in [0.4, 0.5) is 5.82 Å². The fraction of sp³-hybridized carbons (Fsp3) is 0.100. The van der Waals surface area contributed by atoms with Crippen molar-refractivity contribution in [3.8, 4) is 11.4 Å². The maximum Gasteiger partial charge on any atom is 0.163 e. The van der Waals surface area contributed by atoms with Gasteiger partial charge >= 0.3 is 0 Å². The zero-order chi connectivity index (χ0) is 10.7. The van der Waals surface area contributed by atoms with E-state index in [2.05, 4.69) is 20.3 Å². The number of nitrogens with zero attached hydrogens (tertiary/aromatic N) is 3. The van der Waals surface area contributed by atoms with Crippen LogP contribution in [-0.4, -0.2) is 22.0 Å². The highest BCUT2D eigenvalue weighted by Crippen LogP contribution is 2.18. The van der Waals surface area contributed by atoms with Gasteiger partial charge in [0.05, 0.1) is 0 Å². The molecular formula is C10H9ClN4. The second-order valence-corrected chi connectivity index (χ2v) is 3.27. The Balaban J connectivity index is 2.49. The molecule has 0 unspecified atom stereocenters. The van der Waals surface area contributed by atoms with E-state index >= 15 is 0 Å². The van der Waals surface area contributed by atoms with Gasteiger partial charge in [-0.15, -0.1) is 0 Å². The summed E-state index contributed by atoms with van der Waals surface area (Å²) in [6.07, 6.45) is 3.39. The predicted octanol–water partition coefficient (Wildman–Crippen LogP) is 2.23. The zero-order valence-electron chi connectivity index (χ0n) is 8.11. The van der Waals surface area contributed by atoms with E-state index in [4.69, 9.17) is 11.6 Å². The summed E-state index contributed by atoms with van der Waals surface area (Å²) < 4.78 is 0. The third-order valence-corrected chi connectivity index (χ3v) is 2.08. The lowest BCUT2D eigenvalue weighted by Crippen LogP contribution is -1.96. The maximum atomic E-state index is 5.87. The van der Waals surface area contributed by atoms with Gasteiger partial charge in [0.2, 0.25) is 0 Å². The van der Waals surface area contributed by atoms with E-state index in [1.165, 1.54) is 0 Å². The Morgan fingerprint density at radius 2 is 1.93 bits per heavy atom. The van der Waals surface area contributed by atoms with Crippen LogP contribution in [0.2, 0.25) is 5.15 Å². The minimum absolute atomic E-state index is 0.418. The molecule has 2 aromatic rings. The summed E-state index contributed by atoms with van der Waals surface area (Å²) in [4.78, 5) is 12.4. The molecular weight excluding hydrogens is 212 g/mol. The van der Waals surface area contributed by atoms with Crippen LogP contribution >= 0.6 is 11.6 Å². The summed E-state index contributed by atoms with van der Waals surface area (Å²) in [5, 5.41) is 3.34. The zero-order valence-corrected chi connectivity index (χ0v) is 8.86. The van der Waals surface area contributed by atoms with Crippen LogP contribution in [0.25, 0.3) is 11.4 Å². The van der Waals surface area contributed by atoms with Crippen molar-refractivity contribution < 1.29 is 0 Å². The first-order valence-electron chi connectivity index (χ1n) is 4.42. The smallest absolute Gasteiger partial charge is 0.163 e. The molecule has 2 aromatic heterocycles. The Morgan fingerprint density at radius 1 is 1.20 bits per heavy atom. The first-order chi connectivity index (χ1) is 7.29. The second kappa shape index (κ2) is 4.23. The summed E-state index contributed by atoms with van der Waals surface area (Å²) in [6.45, 7) is 0. The first kappa shape index (κ1) is 9.86. The van der Waals surface area contributed by atoms with E-state index in [1.807, 2.05) is 12.1 Å². The van der Waals surface area contributed by atoms with Gasteiger partial charge < -0.3 is 5.32 Å². The third kappa shape index (κ3) is 2.22. The topological polar surface area (TPSA) is 50.7 Å². The summed E-state index contributed by atoms with van der Waals surface area (Å²) in [6, 6.07) is 5.35. The molecule has 2 rings (SSSR count). The molecule has 0 saturated heterocycles. The number of anilines is 1. The van der Waals surface area contributed by atoms with Crippen molar-refractivity contribution in [3.05, 3.63) is 35.7 Å². The van der Waals surface area contributed by atoms with Gasteiger partial charge in [0.1, 0.15) is 11.0 Å². The molecule has 0 aliphatic heterocycles. The highest BCUT2D eigenvalue weighted by molar-refractivity contribution is 6.29. The van der Waals surface area contributed by atoms with Crippen LogP contribution in [0.15, 0.2) is 30.6 Å². The number of hydrogen-bond donors (Lipinski definition) is 1. The minimum atomic E-state index is 0.418. The Hall–Kier alpha value is -1.68. The predicted molar refractivity (Wildman–Crippen MR) is 59.8 cm³/mol. The van der Waals surface area contributed by atoms with Crippen molar-refractivity contribution in [1.82, 2.24) is 15.0 Å². The largest absolute Gasteiger partial charge is 0.373 e. The highest BCUT2D eigenvalue weighted by atomic mass is 35.5. The van der Waals surface area contributed by atoms with E-state index in [0.29, 0.717) is 16.8 Å². The fourth-order valence-electron chi connectivity index (χ4n) is 1.18. The SMILES string of the molecule is CNc1cc(Cl)nc(-c2ccncc2)n1. The molecule has 4 nitrogen and oxygen atoms in total. The second-order valence-electron chi connectivity index (χ2n) is 2.89. The summed E-state index contributed by atoms with van der Waals surface area (Å²) >= 11 is 5.87. The molecule has 2 heterocycles. The standard InChI is InChI=1S/C10H9ClN4/c1-12-9-6-8(11)14-10(15-9)7-2-4-13-5-3-7/h2-6H,1H3,(H,12,14,15). The fourth-order valence-corrected chi connectivity index (χ4v) is 1.36. The number of nitrogens with one attached hydrogen (secondary N) is 1. The van der Waals surface area contributed by atoms with Crippen molar-refractivity contribution in [1.29, 1.82) is 0 Å². The summed E-state index contributed by atoms with van der Waals surface area (Å²) in [5.74, 6) is 1.29. The van der Waals surface area contributed by atoms with E-state index in [-0.39, 0.29) is 0 Å². The Morgan fingerprint density at radius 3 is 2.60 bits per heavy atom. The molecule has 0 bridgehead atoms. The van der Waals surface area contributed by atoms with Gasteiger partial charge in [-0.25, -0.2) is 9.97 Å². The third-order valence-electron chi connectivity index (χ3n) is 1.89. The molecule has 0 fully saturated rings. The Kier molecular flexibility index (Phi) is 2.78. The first-order valence-corrected chi connectivity index (χ1v) is 4.80. The van der Waals surface area contributed by atoms with Crippen LogP contribution < -0.4 is 5.32 Å². The van der Waals surface area contributed by atoms with Crippen molar-refractivity contribution in [2.24, 2.45) is 0 Å². The molecule has 0 saturated carbocycles. The van der Waals surface area contributed by atoms with E-state index in [0.717, 1.165) is 5.56 Å². The monoisotopic (exact) mass is 220 g/mol. The molecule has 0 aliphatic carbocycles. The maximum absolute atomic E-state index is 5.87. The average Bonchev–Trinajstić information content (AvgIpc) is 2.29. The molecule has 0 aromatic carbocycles. The van der Waals surface area contributed by atoms with Gasteiger partial charge in [-0.1, -0.05) is 11.6 Å². The van der Waals surface area contributed by atoms with Gasteiger partial charge in [-0.05, 0) is 12.1 Å². The number of aromatic nitrogens is 3. The molecule has 76 valence electrons. The Labute approximate surface area is 92.4 Å². The highest BCUT2D eigenvalue weighted by Gasteiger charge is 2.04. The molecule has 0 radical (unpaired) electrons. The quantitative estimate of drug-likeness (QED) is 0.789. The van der Waals surface area contributed by atoms with E-state index in [1.54, 1.807) is 25.5 Å². The molecule has 5 heteroatoms. The minimum Gasteiger partial charge on any atom is -0.373 e. The molecule has 0 amide bonds. The van der Waals surface area contributed by atoms with E-state index < -0.39 is 0 Å². The molecule has 0 atom stereocenters. The summed E-state index contributed by atoms with van der Waals surface area (Å²) in [7, 11) is 1.79. The lowest BCUT2D eigenvalue weighted by Gasteiger charge is -2.03. The van der Waals surface area contributed by atoms with Crippen LogP contribution in [0, 0.1) is 0 Å². The van der Waals surface area contributed by atoms with Crippen molar-refractivity contribution >= 4 is 17.4 Å². The van der Waals surface area contributed by atoms with Crippen molar-refractivity contribution in [3.63, 3.8) is 0 Å². The molecule has 15 heavy (non-hydrogen) atoms. The van der Waals surface area contributed by atoms with Gasteiger partial charge in [0.15, 0.2) is 5.82 Å². The number of pyridine rings is 1. The van der Waals surface area contributed by atoms with Crippen molar-refractivity contribution in [2.75, 3.05) is 12.4 Å². The number of halogens is 1. The van der Waals surface area contributed by atoms with Gasteiger partial charge in [-0.3, -0.25) is 4.98 Å². The summed E-state index contributed by atoms with van der Waals surface area (Å²) in [5.41, 5.74) is 0.893. The molecule has 0 spiro atoms. The average molecular weight is 221 g/mol. The number of hydrogen-bond acceptors (Lipinski definition) is 4. The van der Waals surface area contributed by atoms with Gasteiger partial charge in [0, 0.05) is 31.1 Å².